The van der Waals surface area contributed by atoms with Gasteiger partial charge in [0.25, 0.3) is 0 Å². The molecular formula is C14H9Cl3F3N. The molecule has 0 spiro atoms. The number of hydrogen-bond donors (Lipinski definition) is 1. The zero-order valence-corrected chi connectivity index (χ0v) is 12.7. The molecule has 0 saturated carbocycles. The quantitative estimate of drug-likeness (QED) is 0.684. The van der Waals surface area contributed by atoms with Gasteiger partial charge in [0.2, 0.25) is 0 Å². The van der Waals surface area contributed by atoms with Crippen LogP contribution >= 0.6 is 34.8 Å². The van der Waals surface area contributed by atoms with Crippen molar-refractivity contribution in [3.63, 3.8) is 0 Å². The Labute approximate surface area is 134 Å². The van der Waals surface area contributed by atoms with Crippen molar-refractivity contribution >= 4 is 40.5 Å². The molecule has 0 saturated heterocycles. The first-order valence-corrected chi connectivity index (χ1v) is 6.96. The first-order valence-electron chi connectivity index (χ1n) is 5.83. The highest BCUT2D eigenvalue weighted by Crippen LogP contribution is 2.39. The summed E-state index contributed by atoms with van der Waals surface area (Å²) in [5, 5.41) is 3.39. The van der Waals surface area contributed by atoms with Crippen LogP contribution in [0, 0.1) is 0 Å². The van der Waals surface area contributed by atoms with Crippen LogP contribution in [0.4, 0.5) is 18.9 Å². The standard InChI is InChI=1S/C14H9Cl3F3N/c15-10-4-2-5-11(16)8(10)7-21-13-9(14(18,19)20)3-1-6-12(13)17/h1-6,21H,7H2. The lowest BCUT2D eigenvalue weighted by atomic mass is 10.1. The summed E-state index contributed by atoms with van der Waals surface area (Å²) in [5.74, 6) is 0. The van der Waals surface area contributed by atoms with E-state index < -0.39 is 11.7 Å². The number of hydrogen-bond acceptors (Lipinski definition) is 1. The summed E-state index contributed by atoms with van der Waals surface area (Å²) in [5.41, 5.74) is -0.519. The molecule has 0 radical (unpaired) electrons. The smallest absolute Gasteiger partial charge is 0.379 e. The minimum Gasteiger partial charge on any atom is -0.379 e. The Morgan fingerprint density at radius 2 is 1.38 bits per heavy atom. The molecule has 21 heavy (non-hydrogen) atoms. The minimum absolute atomic E-state index is 0.0204. The predicted molar refractivity (Wildman–Crippen MR) is 80.2 cm³/mol. The fourth-order valence-electron chi connectivity index (χ4n) is 1.82. The highest BCUT2D eigenvalue weighted by Gasteiger charge is 2.34. The zero-order valence-electron chi connectivity index (χ0n) is 10.4. The Balaban J connectivity index is 2.33. The van der Waals surface area contributed by atoms with E-state index in [1.165, 1.54) is 12.1 Å². The van der Waals surface area contributed by atoms with Gasteiger partial charge in [0, 0.05) is 22.2 Å². The highest BCUT2D eigenvalue weighted by atomic mass is 35.5. The van der Waals surface area contributed by atoms with Crippen LogP contribution in [0.25, 0.3) is 0 Å². The van der Waals surface area contributed by atoms with Crippen LogP contribution in [0.15, 0.2) is 36.4 Å². The minimum atomic E-state index is -4.50. The SMILES string of the molecule is FC(F)(F)c1cccc(Cl)c1NCc1c(Cl)cccc1Cl. The first-order chi connectivity index (χ1) is 9.80. The lowest BCUT2D eigenvalue weighted by Gasteiger charge is -2.16. The fourth-order valence-corrected chi connectivity index (χ4v) is 2.59. The Morgan fingerprint density at radius 1 is 0.857 bits per heavy atom. The van der Waals surface area contributed by atoms with Crippen LogP contribution in [0.3, 0.4) is 0 Å². The van der Waals surface area contributed by atoms with E-state index in [1.54, 1.807) is 18.2 Å². The maximum absolute atomic E-state index is 13.0. The monoisotopic (exact) mass is 353 g/mol. The first kappa shape index (κ1) is 16.3. The number of alkyl halides is 3. The van der Waals surface area contributed by atoms with Gasteiger partial charge in [-0.15, -0.1) is 0 Å². The maximum Gasteiger partial charge on any atom is 0.418 e. The van der Waals surface area contributed by atoms with Crippen LogP contribution in [-0.4, -0.2) is 0 Å². The van der Waals surface area contributed by atoms with Crippen molar-refractivity contribution in [2.45, 2.75) is 12.7 Å². The van der Waals surface area contributed by atoms with E-state index in [2.05, 4.69) is 5.32 Å². The third kappa shape index (κ3) is 3.76. The number of benzene rings is 2. The summed E-state index contributed by atoms with van der Waals surface area (Å²) in [6.45, 7) is 0.0331. The molecule has 1 nitrogen and oxygen atoms in total. The van der Waals surface area contributed by atoms with Gasteiger partial charge in [0.1, 0.15) is 0 Å². The molecular weight excluding hydrogens is 346 g/mol. The summed E-state index contributed by atoms with van der Waals surface area (Å²) < 4.78 is 38.9. The van der Waals surface area contributed by atoms with E-state index in [0.29, 0.717) is 15.6 Å². The van der Waals surface area contributed by atoms with Gasteiger partial charge in [0.15, 0.2) is 0 Å². The van der Waals surface area contributed by atoms with Gasteiger partial charge >= 0.3 is 6.18 Å². The average molecular weight is 355 g/mol. The molecule has 0 aromatic heterocycles. The molecule has 7 heteroatoms. The number of para-hydroxylation sites is 1. The Kier molecular flexibility index (Phi) is 4.91. The summed E-state index contributed by atoms with van der Waals surface area (Å²) in [4.78, 5) is 0. The Hall–Kier alpha value is -1.10. The molecule has 0 aliphatic carbocycles. The molecule has 0 heterocycles. The van der Waals surface area contributed by atoms with Crippen LogP contribution in [0.1, 0.15) is 11.1 Å². The molecule has 1 N–H and O–H groups in total. The van der Waals surface area contributed by atoms with Crippen LogP contribution in [0.2, 0.25) is 15.1 Å². The topological polar surface area (TPSA) is 12.0 Å². The van der Waals surface area contributed by atoms with Gasteiger partial charge in [0.05, 0.1) is 16.3 Å². The summed E-state index contributed by atoms with van der Waals surface area (Å²) >= 11 is 17.8. The maximum atomic E-state index is 13.0. The normalized spacial score (nSPS) is 11.5. The summed E-state index contributed by atoms with van der Waals surface area (Å²) in [6.07, 6.45) is -4.50. The predicted octanol–water partition coefficient (Wildman–Crippen LogP) is 6.28. The van der Waals surface area contributed by atoms with Crippen molar-refractivity contribution in [1.82, 2.24) is 0 Å². The molecule has 2 rings (SSSR count). The largest absolute Gasteiger partial charge is 0.418 e. The number of nitrogens with one attached hydrogen (secondary N) is 1. The van der Waals surface area contributed by atoms with Crippen molar-refractivity contribution in [3.05, 3.63) is 62.6 Å². The number of halogens is 6. The highest BCUT2D eigenvalue weighted by molar-refractivity contribution is 6.36. The molecule has 2 aromatic rings. The molecule has 0 atom stereocenters. The van der Waals surface area contributed by atoms with Gasteiger partial charge in [-0.05, 0) is 24.3 Å². The van der Waals surface area contributed by atoms with Crippen LogP contribution < -0.4 is 5.32 Å². The van der Waals surface area contributed by atoms with E-state index >= 15 is 0 Å². The van der Waals surface area contributed by atoms with Gasteiger partial charge in [-0.2, -0.15) is 13.2 Å². The van der Waals surface area contributed by atoms with E-state index in [0.717, 1.165) is 6.07 Å². The summed E-state index contributed by atoms with van der Waals surface area (Å²) in [6, 6.07) is 8.48. The van der Waals surface area contributed by atoms with Gasteiger partial charge in [-0.25, -0.2) is 0 Å². The van der Waals surface area contributed by atoms with Gasteiger partial charge in [-0.3, -0.25) is 0 Å². The fraction of sp³-hybridized carbons (Fsp3) is 0.143. The summed E-state index contributed by atoms with van der Waals surface area (Å²) in [7, 11) is 0. The van der Waals surface area contributed by atoms with E-state index in [9.17, 15) is 13.2 Å². The van der Waals surface area contributed by atoms with Crippen molar-refractivity contribution in [1.29, 1.82) is 0 Å². The number of anilines is 1. The number of rotatable bonds is 3. The molecule has 2 aromatic carbocycles. The lowest BCUT2D eigenvalue weighted by Crippen LogP contribution is -2.11. The third-order valence-electron chi connectivity index (χ3n) is 2.82. The van der Waals surface area contributed by atoms with Crippen molar-refractivity contribution < 1.29 is 13.2 Å². The van der Waals surface area contributed by atoms with Crippen LogP contribution in [0.5, 0.6) is 0 Å². The molecule has 0 unspecified atom stereocenters. The molecule has 0 aliphatic heterocycles. The second-order valence-corrected chi connectivity index (χ2v) is 5.44. The van der Waals surface area contributed by atoms with E-state index in [4.69, 9.17) is 34.8 Å². The molecule has 0 bridgehead atoms. The average Bonchev–Trinajstić information content (AvgIpc) is 2.38. The van der Waals surface area contributed by atoms with Gasteiger partial charge < -0.3 is 5.32 Å². The zero-order chi connectivity index (χ0) is 15.6. The second kappa shape index (κ2) is 6.34. The van der Waals surface area contributed by atoms with Gasteiger partial charge in [-0.1, -0.05) is 46.9 Å². The van der Waals surface area contributed by atoms with Crippen molar-refractivity contribution in [3.8, 4) is 0 Å². The molecule has 0 fully saturated rings. The van der Waals surface area contributed by atoms with Crippen LogP contribution in [-0.2, 0) is 12.7 Å². The van der Waals surface area contributed by atoms with E-state index in [-0.39, 0.29) is 17.3 Å². The van der Waals surface area contributed by atoms with E-state index in [1.807, 2.05) is 0 Å². The second-order valence-electron chi connectivity index (χ2n) is 4.21. The molecule has 0 amide bonds. The molecule has 0 aliphatic rings. The lowest BCUT2D eigenvalue weighted by molar-refractivity contribution is -0.136. The third-order valence-corrected chi connectivity index (χ3v) is 3.85. The Bertz CT molecular complexity index is 636. The Morgan fingerprint density at radius 3 is 1.95 bits per heavy atom. The van der Waals surface area contributed by atoms with Crippen molar-refractivity contribution in [2.75, 3.05) is 5.32 Å². The van der Waals surface area contributed by atoms with Crippen molar-refractivity contribution in [2.24, 2.45) is 0 Å². The molecule has 112 valence electrons.